The maximum Gasteiger partial charge on any atom is 0.236 e. The molecule has 0 fully saturated rings. The van der Waals surface area contributed by atoms with Crippen molar-refractivity contribution in [3.8, 4) is 0 Å². The van der Waals surface area contributed by atoms with E-state index in [9.17, 15) is 0 Å². The third-order valence-electron chi connectivity index (χ3n) is 3.88. The normalized spacial score (nSPS) is 11.3. The van der Waals surface area contributed by atoms with Crippen molar-refractivity contribution < 1.29 is 0 Å². The van der Waals surface area contributed by atoms with E-state index >= 15 is 0 Å². The van der Waals surface area contributed by atoms with Gasteiger partial charge in [0.25, 0.3) is 0 Å². The number of aryl methyl sites for hydroxylation is 2. The second-order valence-electron chi connectivity index (χ2n) is 6.52. The second kappa shape index (κ2) is 6.41. The Kier molecular flexibility index (Phi) is 4.33. The lowest BCUT2D eigenvalue weighted by molar-refractivity contribution is 0.638. The summed E-state index contributed by atoms with van der Waals surface area (Å²) in [5.74, 6) is 2.41. The Morgan fingerprint density at radius 2 is 1.83 bits per heavy atom. The summed E-state index contributed by atoms with van der Waals surface area (Å²) in [6.45, 7) is 9.34. The molecule has 23 heavy (non-hydrogen) atoms. The average molecular weight is 308 g/mol. The Labute approximate surface area is 137 Å². The molecule has 0 saturated heterocycles. The third kappa shape index (κ3) is 3.36. The number of anilines is 1. The number of hydrogen-bond acceptors (Lipinski definition) is 3. The summed E-state index contributed by atoms with van der Waals surface area (Å²) in [5, 5.41) is 3.58. The van der Waals surface area contributed by atoms with Gasteiger partial charge in [-0.15, -0.1) is 0 Å². The molecule has 0 amide bonds. The van der Waals surface area contributed by atoms with E-state index in [1.54, 1.807) is 0 Å². The molecule has 4 nitrogen and oxygen atoms in total. The number of nitrogens with zero attached hydrogens (tertiary/aromatic N) is 3. The van der Waals surface area contributed by atoms with Crippen LogP contribution in [0.2, 0.25) is 0 Å². The number of fused-ring (bicyclic) bond motifs is 1. The zero-order valence-electron chi connectivity index (χ0n) is 14.3. The fourth-order valence-electron chi connectivity index (χ4n) is 2.91. The first kappa shape index (κ1) is 15.5. The summed E-state index contributed by atoms with van der Waals surface area (Å²) in [6.07, 6.45) is 0.943. The molecule has 3 aromatic rings. The maximum absolute atomic E-state index is 4.78. The van der Waals surface area contributed by atoms with Crippen molar-refractivity contribution in [1.82, 2.24) is 14.4 Å². The first-order valence-electron chi connectivity index (χ1n) is 8.18. The molecule has 0 atom stereocenters. The molecule has 0 unspecified atom stereocenters. The van der Waals surface area contributed by atoms with Crippen molar-refractivity contribution >= 4 is 11.6 Å². The summed E-state index contributed by atoms with van der Waals surface area (Å²) < 4.78 is 2.13. The standard InChI is InChI=1S/C19H24N4/c1-13(2)10-17-18(20-12-16-8-6-5-7-9-16)23-15(4)11-14(3)21-19(23)22-17/h5-9,11,13,20H,10,12H2,1-4H3. The minimum atomic E-state index is 0.554. The van der Waals surface area contributed by atoms with Crippen LogP contribution in [0.1, 0.15) is 36.5 Å². The van der Waals surface area contributed by atoms with Crippen molar-refractivity contribution in [2.75, 3.05) is 5.32 Å². The van der Waals surface area contributed by atoms with Crippen LogP contribution in [-0.4, -0.2) is 14.4 Å². The molecule has 0 aliphatic carbocycles. The largest absolute Gasteiger partial charge is 0.366 e. The predicted molar refractivity (Wildman–Crippen MR) is 94.8 cm³/mol. The summed E-state index contributed by atoms with van der Waals surface area (Å²) in [7, 11) is 0. The summed E-state index contributed by atoms with van der Waals surface area (Å²) >= 11 is 0. The predicted octanol–water partition coefficient (Wildman–Crippen LogP) is 4.16. The summed E-state index contributed by atoms with van der Waals surface area (Å²) in [6, 6.07) is 12.5. The molecule has 0 radical (unpaired) electrons. The van der Waals surface area contributed by atoms with Gasteiger partial charge in [0.05, 0.1) is 5.69 Å². The van der Waals surface area contributed by atoms with Crippen LogP contribution in [0.4, 0.5) is 5.82 Å². The van der Waals surface area contributed by atoms with Crippen molar-refractivity contribution in [2.24, 2.45) is 5.92 Å². The Morgan fingerprint density at radius 1 is 1.09 bits per heavy atom. The lowest BCUT2D eigenvalue weighted by Crippen LogP contribution is -2.07. The summed E-state index contributed by atoms with van der Waals surface area (Å²) in [5.41, 5.74) is 4.52. The quantitative estimate of drug-likeness (QED) is 0.769. The SMILES string of the molecule is Cc1cc(C)n2c(NCc3ccccc3)c(CC(C)C)nc2n1. The molecule has 1 N–H and O–H groups in total. The summed E-state index contributed by atoms with van der Waals surface area (Å²) in [4.78, 5) is 9.37. The molecule has 2 aromatic heterocycles. The first-order chi connectivity index (χ1) is 11.0. The van der Waals surface area contributed by atoms with Gasteiger partial charge in [0, 0.05) is 17.9 Å². The van der Waals surface area contributed by atoms with Crippen molar-refractivity contribution in [3.63, 3.8) is 0 Å². The van der Waals surface area contributed by atoms with Gasteiger partial charge in [-0.3, -0.25) is 4.40 Å². The average Bonchev–Trinajstić information content (AvgIpc) is 2.82. The zero-order chi connectivity index (χ0) is 16.4. The van der Waals surface area contributed by atoms with E-state index in [1.807, 2.05) is 13.0 Å². The molecule has 0 aliphatic rings. The Hall–Kier alpha value is -2.36. The molecule has 2 heterocycles. The van der Waals surface area contributed by atoms with Gasteiger partial charge in [-0.25, -0.2) is 9.97 Å². The smallest absolute Gasteiger partial charge is 0.236 e. The number of imidazole rings is 1. The maximum atomic E-state index is 4.78. The highest BCUT2D eigenvalue weighted by molar-refractivity contribution is 5.54. The van der Waals surface area contributed by atoms with Gasteiger partial charge in [0.2, 0.25) is 5.78 Å². The number of benzene rings is 1. The Balaban J connectivity index is 2.01. The number of rotatable bonds is 5. The van der Waals surface area contributed by atoms with Crippen molar-refractivity contribution in [2.45, 2.75) is 40.7 Å². The van der Waals surface area contributed by atoms with Crippen molar-refractivity contribution in [1.29, 1.82) is 0 Å². The van der Waals surface area contributed by atoms with E-state index in [0.29, 0.717) is 5.92 Å². The molecule has 4 heteroatoms. The lowest BCUT2D eigenvalue weighted by Gasteiger charge is -2.11. The fourth-order valence-corrected chi connectivity index (χ4v) is 2.91. The van der Waals surface area contributed by atoms with Crippen LogP contribution in [0.3, 0.4) is 0 Å². The molecule has 0 aliphatic heterocycles. The van der Waals surface area contributed by atoms with Crippen LogP contribution >= 0.6 is 0 Å². The number of nitrogens with one attached hydrogen (secondary N) is 1. The van der Waals surface area contributed by atoms with E-state index in [4.69, 9.17) is 4.98 Å². The van der Waals surface area contributed by atoms with E-state index in [2.05, 4.69) is 65.8 Å². The van der Waals surface area contributed by atoms with Gasteiger partial charge in [0.1, 0.15) is 5.82 Å². The third-order valence-corrected chi connectivity index (χ3v) is 3.88. The molecule has 120 valence electrons. The molecule has 3 rings (SSSR count). The van der Waals surface area contributed by atoms with Gasteiger partial charge >= 0.3 is 0 Å². The van der Waals surface area contributed by atoms with Crippen LogP contribution in [0, 0.1) is 19.8 Å². The van der Waals surface area contributed by atoms with E-state index in [-0.39, 0.29) is 0 Å². The van der Waals surface area contributed by atoms with Gasteiger partial charge in [-0.05, 0) is 37.8 Å². The molecular weight excluding hydrogens is 284 g/mol. The second-order valence-corrected chi connectivity index (χ2v) is 6.52. The Bertz CT molecular complexity index is 803. The minimum absolute atomic E-state index is 0.554. The number of hydrogen-bond donors (Lipinski definition) is 1. The molecule has 0 bridgehead atoms. The number of aromatic nitrogens is 3. The van der Waals surface area contributed by atoms with Gasteiger partial charge in [-0.1, -0.05) is 44.2 Å². The molecular formula is C19H24N4. The van der Waals surface area contributed by atoms with Crippen LogP contribution < -0.4 is 5.32 Å². The molecule has 1 aromatic carbocycles. The zero-order valence-corrected chi connectivity index (χ0v) is 14.3. The van der Waals surface area contributed by atoms with E-state index < -0.39 is 0 Å². The highest BCUT2D eigenvalue weighted by Gasteiger charge is 2.16. The fraction of sp³-hybridized carbons (Fsp3) is 0.368. The van der Waals surface area contributed by atoms with Gasteiger partial charge < -0.3 is 5.32 Å². The monoisotopic (exact) mass is 308 g/mol. The first-order valence-corrected chi connectivity index (χ1v) is 8.18. The topological polar surface area (TPSA) is 42.2 Å². The van der Waals surface area contributed by atoms with Gasteiger partial charge in [0.15, 0.2) is 0 Å². The lowest BCUT2D eigenvalue weighted by atomic mass is 10.1. The Morgan fingerprint density at radius 3 is 2.52 bits per heavy atom. The van der Waals surface area contributed by atoms with Crippen LogP contribution in [0.5, 0.6) is 0 Å². The van der Waals surface area contributed by atoms with E-state index in [0.717, 1.165) is 41.6 Å². The minimum Gasteiger partial charge on any atom is -0.366 e. The van der Waals surface area contributed by atoms with Crippen LogP contribution in [-0.2, 0) is 13.0 Å². The molecule has 0 saturated carbocycles. The van der Waals surface area contributed by atoms with Gasteiger partial charge in [-0.2, -0.15) is 0 Å². The van der Waals surface area contributed by atoms with Crippen LogP contribution in [0.25, 0.3) is 5.78 Å². The highest BCUT2D eigenvalue weighted by Crippen LogP contribution is 2.23. The van der Waals surface area contributed by atoms with Crippen LogP contribution in [0.15, 0.2) is 36.4 Å². The van der Waals surface area contributed by atoms with Crippen molar-refractivity contribution in [3.05, 3.63) is 59.0 Å². The molecule has 0 spiro atoms. The highest BCUT2D eigenvalue weighted by atomic mass is 15.2. The van der Waals surface area contributed by atoms with E-state index in [1.165, 1.54) is 5.56 Å².